The fourth-order valence-electron chi connectivity index (χ4n) is 0.717. The highest BCUT2D eigenvalue weighted by Crippen LogP contribution is 2.34. The molecule has 3 nitrogen and oxygen atoms in total. The number of thiazole rings is 1. The van der Waals surface area contributed by atoms with E-state index in [2.05, 4.69) is 4.98 Å². The summed E-state index contributed by atoms with van der Waals surface area (Å²) in [5.41, 5.74) is 0. The second-order valence-corrected chi connectivity index (χ2v) is 3.63. The molecule has 1 atom stereocenters. The minimum Gasteiger partial charge on any atom is -0.377 e. The van der Waals surface area contributed by atoms with E-state index in [1.807, 2.05) is 0 Å². The molecular weight excluding hydrogens is 219 g/mol. The Morgan fingerprint density at radius 3 is 2.57 bits per heavy atom. The topological polar surface area (TPSA) is 50.2 Å². The van der Waals surface area contributed by atoms with Crippen molar-refractivity contribution in [2.75, 3.05) is 0 Å². The number of halogens is 3. The van der Waals surface area contributed by atoms with Crippen LogP contribution in [0.1, 0.15) is 27.7 Å². The summed E-state index contributed by atoms with van der Waals surface area (Å²) < 4.78 is 35.9. The Labute approximate surface area is 81.2 Å². The molecule has 78 valence electrons. The molecule has 0 fully saturated rings. The molecule has 0 amide bonds. The maximum absolute atomic E-state index is 12.0. The summed E-state index contributed by atoms with van der Waals surface area (Å²) in [4.78, 5) is 14.2. The van der Waals surface area contributed by atoms with E-state index < -0.39 is 17.3 Å². The highest BCUT2D eigenvalue weighted by molar-refractivity contribution is 7.13. The maximum atomic E-state index is 12.0. The molecule has 0 aliphatic carbocycles. The van der Waals surface area contributed by atoms with E-state index in [1.54, 1.807) is 0 Å². The van der Waals surface area contributed by atoms with E-state index in [9.17, 15) is 18.0 Å². The van der Waals surface area contributed by atoms with Gasteiger partial charge in [0.15, 0.2) is 5.78 Å². The van der Waals surface area contributed by atoms with Crippen molar-refractivity contribution in [1.82, 2.24) is 4.98 Å². The van der Waals surface area contributed by atoms with Crippen LogP contribution in [-0.4, -0.2) is 22.1 Å². The molecule has 0 radical (unpaired) electrons. The molecule has 1 aromatic heterocycles. The Bertz CT molecular complexity index is 347. The normalized spacial score (nSPS) is 14.1. The van der Waals surface area contributed by atoms with Gasteiger partial charge in [0, 0.05) is 13.1 Å². The van der Waals surface area contributed by atoms with Gasteiger partial charge < -0.3 is 5.11 Å². The molecule has 1 aromatic rings. The zero-order chi connectivity index (χ0) is 10.9. The van der Waals surface area contributed by atoms with Gasteiger partial charge in [-0.1, -0.05) is 0 Å². The second kappa shape index (κ2) is 3.66. The number of aromatic nitrogens is 1. The van der Waals surface area contributed by atoms with Crippen LogP contribution >= 0.6 is 11.3 Å². The fraction of sp³-hybridized carbons (Fsp3) is 0.429. The zero-order valence-electron chi connectivity index (χ0n) is 7.00. The van der Waals surface area contributed by atoms with Gasteiger partial charge in [-0.25, -0.2) is 4.98 Å². The number of aliphatic hydroxyl groups is 1. The van der Waals surface area contributed by atoms with Gasteiger partial charge in [0.25, 0.3) is 0 Å². The van der Waals surface area contributed by atoms with E-state index >= 15 is 0 Å². The minimum absolute atomic E-state index is 0.100. The van der Waals surface area contributed by atoms with Crippen molar-refractivity contribution in [3.63, 3.8) is 0 Å². The molecule has 0 saturated heterocycles. The summed E-state index contributed by atoms with van der Waals surface area (Å²) in [7, 11) is 0. The molecule has 0 aliphatic rings. The average molecular weight is 225 g/mol. The van der Waals surface area contributed by atoms with Crippen molar-refractivity contribution in [2.45, 2.75) is 19.2 Å². The molecule has 7 heteroatoms. The molecule has 1 N–H and O–H groups in total. The van der Waals surface area contributed by atoms with E-state index in [-0.39, 0.29) is 10.7 Å². The number of carbonyl (C=O) groups excluding carboxylic acids is 1. The monoisotopic (exact) mass is 225 g/mol. The van der Waals surface area contributed by atoms with Crippen molar-refractivity contribution in [1.29, 1.82) is 0 Å². The maximum Gasteiger partial charge on any atom is 0.420 e. The third-order valence-corrected chi connectivity index (χ3v) is 2.57. The number of nitrogens with zero attached hydrogens (tertiary/aromatic N) is 1. The van der Waals surface area contributed by atoms with Crippen molar-refractivity contribution in [3.05, 3.63) is 16.1 Å². The predicted octanol–water partition coefficient (Wildman–Crippen LogP) is 1.94. The summed E-state index contributed by atoms with van der Waals surface area (Å²) in [5, 5.41) is 8.25. The largest absolute Gasteiger partial charge is 0.420 e. The van der Waals surface area contributed by atoms with Crippen LogP contribution in [0.5, 0.6) is 0 Å². The molecular formula is C7H6F3NO2S. The van der Waals surface area contributed by atoms with Crippen molar-refractivity contribution < 1.29 is 23.1 Å². The van der Waals surface area contributed by atoms with E-state index in [1.165, 1.54) is 6.92 Å². The number of carbonyl (C=O) groups is 1. The van der Waals surface area contributed by atoms with E-state index in [0.717, 1.165) is 6.20 Å². The zero-order valence-corrected chi connectivity index (χ0v) is 7.82. The number of rotatable bonds is 2. The number of aliphatic hydroxyl groups excluding tert-OH is 1. The number of hydrogen-bond acceptors (Lipinski definition) is 4. The van der Waals surface area contributed by atoms with Gasteiger partial charge in [-0.05, 0) is 0 Å². The first-order valence-electron chi connectivity index (χ1n) is 3.54. The highest BCUT2D eigenvalue weighted by atomic mass is 32.1. The third kappa shape index (κ3) is 2.30. The molecule has 0 bridgehead atoms. The van der Waals surface area contributed by atoms with Crippen molar-refractivity contribution in [3.8, 4) is 0 Å². The van der Waals surface area contributed by atoms with Gasteiger partial charge in [0.2, 0.25) is 6.10 Å². The summed E-state index contributed by atoms with van der Waals surface area (Å²) in [6.07, 6.45) is -6.33. The van der Waals surface area contributed by atoms with Crippen molar-refractivity contribution in [2.24, 2.45) is 0 Å². The second-order valence-electron chi connectivity index (χ2n) is 2.56. The van der Waals surface area contributed by atoms with Gasteiger partial charge in [-0.3, -0.25) is 4.79 Å². The molecule has 0 aromatic carbocycles. The molecule has 1 unspecified atom stereocenters. The van der Waals surface area contributed by atoms with Crippen LogP contribution in [0.3, 0.4) is 0 Å². The summed E-state index contributed by atoms with van der Waals surface area (Å²) in [6, 6.07) is 0. The van der Waals surface area contributed by atoms with Gasteiger partial charge in [0.05, 0.1) is 4.88 Å². The van der Waals surface area contributed by atoms with Crippen LogP contribution < -0.4 is 0 Å². The first kappa shape index (κ1) is 11.1. The van der Waals surface area contributed by atoms with Gasteiger partial charge in [0.1, 0.15) is 5.01 Å². The number of ketones is 1. The van der Waals surface area contributed by atoms with Gasteiger partial charge in [-0.15, -0.1) is 11.3 Å². The average Bonchev–Trinajstić information content (AvgIpc) is 2.48. The van der Waals surface area contributed by atoms with E-state index in [0.29, 0.717) is 11.3 Å². The third-order valence-electron chi connectivity index (χ3n) is 1.41. The lowest BCUT2D eigenvalue weighted by Crippen LogP contribution is -2.19. The number of alkyl halides is 3. The molecule has 1 heterocycles. The predicted molar refractivity (Wildman–Crippen MR) is 43.1 cm³/mol. The van der Waals surface area contributed by atoms with Gasteiger partial charge >= 0.3 is 6.18 Å². The van der Waals surface area contributed by atoms with Crippen LogP contribution in [0, 0.1) is 0 Å². The van der Waals surface area contributed by atoms with Crippen LogP contribution in [0.15, 0.2) is 6.20 Å². The SMILES string of the molecule is CC(=O)c1cnc(C(O)C(F)(F)F)s1. The lowest BCUT2D eigenvalue weighted by Gasteiger charge is -2.10. The number of Topliss-reactive ketones (excluding diaryl/α,β-unsaturated/α-hetero) is 1. The minimum atomic E-state index is -4.74. The summed E-state index contributed by atoms with van der Waals surface area (Å²) in [5.74, 6) is -0.372. The Morgan fingerprint density at radius 1 is 1.64 bits per heavy atom. The Hall–Kier alpha value is -0.950. The first-order valence-corrected chi connectivity index (χ1v) is 4.35. The fourth-order valence-corrected chi connectivity index (χ4v) is 1.54. The Morgan fingerprint density at radius 2 is 2.21 bits per heavy atom. The molecule has 0 aliphatic heterocycles. The first-order chi connectivity index (χ1) is 6.32. The van der Waals surface area contributed by atoms with Crippen LogP contribution in [0.25, 0.3) is 0 Å². The molecule has 1 rings (SSSR count). The van der Waals surface area contributed by atoms with Crippen LogP contribution in [0.2, 0.25) is 0 Å². The van der Waals surface area contributed by atoms with Crippen LogP contribution in [-0.2, 0) is 0 Å². The Balaban J connectivity index is 2.92. The lowest BCUT2D eigenvalue weighted by atomic mass is 10.4. The summed E-state index contributed by atoms with van der Waals surface area (Å²) in [6.45, 7) is 1.22. The summed E-state index contributed by atoms with van der Waals surface area (Å²) >= 11 is 0.545. The quantitative estimate of drug-likeness (QED) is 0.782. The molecule has 14 heavy (non-hydrogen) atoms. The standard InChI is InChI=1S/C7H6F3NO2S/c1-3(12)4-2-11-6(14-4)5(13)7(8,9)10/h2,5,13H,1H3. The smallest absolute Gasteiger partial charge is 0.377 e. The number of hydrogen-bond donors (Lipinski definition) is 1. The van der Waals surface area contributed by atoms with Gasteiger partial charge in [-0.2, -0.15) is 13.2 Å². The van der Waals surface area contributed by atoms with Crippen molar-refractivity contribution >= 4 is 17.1 Å². The molecule has 0 saturated carbocycles. The lowest BCUT2D eigenvalue weighted by molar-refractivity contribution is -0.206. The van der Waals surface area contributed by atoms with E-state index in [4.69, 9.17) is 5.11 Å². The highest BCUT2D eigenvalue weighted by Gasteiger charge is 2.41. The van der Waals surface area contributed by atoms with Crippen LogP contribution in [0.4, 0.5) is 13.2 Å². The Kier molecular flexibility index (Phi) is 2.91. The molecule has 0 spiro atoms.